The van der Waals surface area contributed by atoms with Crippen LogP contribution in [0.25, 0.3) is 0 Å². The van der Waals surface area contributed by atoms with Crippen molar-refractivity contribution in [3.8, 4) is 5.75 Å². The Balaban J connectivity index is 2.09. The van der Waals surface area contributed by atoms with Crippen molar-refractivity contribution in [1.29, 1.82) is 0 Å². The highest BCUT2D eigenvalue weighted by atomic mass is 79.9. The lowest BCUT2D eigenvalue weighted by molar-refractivity contribution is -0.274. The molecule has 0 bridgehead atoms. The minimum Gasteiger partial charge on any atom is -0.405 e. The van der Waals surface area contributed by atoms with E-state index < -0.39 is 30.0 Å². The molecule has 9 heteroatoms. The third-order valence-corrected chi connectivity index (χ3v) is 3.09. The quantitative estimate of drug-likeness (QED) is 0.818. The molecule has 0 spiro atoms. The zero-order chi connectivity index (χ0) is 14.9. The van der Waals surface area contributed by atoms with Gasteiger partial charge in [0, 0.05) is 5.69 Å². The predicted molar refractivity (Wildman–Crippen MR) is 66.0 cm³/mol. The van der Waals surface area contributed by atoms with Crippen LogP contribution in [0.5, 0.6) is 5.75 Å². The van der Waals surface area contributed by atoms with Gasteiger partial charge >= 0.3 is 6.36 Å². The van der Waals surface area contributed by atoms with Crippen molar-refractivity contribution in [1.82, 2.24) is 5.32 Å². The second kappa shape index (κ2) is 5.31. The summed E-state index contributed by atoms with van der Waals surface area (Å²) >= 11 is 2.94. The lowest BCUT2D eigenvalue weighted by atomic mass is 10.2. The summed E-state index contributed by atoms with van der Waals surface area (Å²) in [7, 11) is 0. The van der Waals surface area contributed by atoms with E-state index in [-0.39, 0.29) is 10.9 Å². The van der Waals surface area contributed by atoms with Crippen molar-refractivity contribution in [3.05, 3.63) is 22.7 Å². The zero-order valence-corrected chi connectivity index (χ0v) is 11.3. The number of rotatable bonds is 3. The van der Waals surface area contributed by atoms with E-state index in [0.717, 1.165) is 6.07 Å². The maximum atomic E-state index is 12.1. The van der Waals surface area contributed by atoms with Crippen LogP contribution in [0.1, 0.15) is 6.42 Å². The first-order chi connectivity index (χ1) is 9.24. The van der Waals surface area contributed by atoms with Gasteiger partial charge in [0.1, 0.15) is 11.8 Å². The van der Waals surface area contributed by atoms with Gasteiger partial charge in [-0.05, 0) is 34.1 Å². The van der Waals surface area contributed by atoms with E-state index in [1.165, 1.54) is 12.1 Å². The van der Waals surface area contributed by atoms with Crippen molar-refractivity contribution in [2.75, 3.05) is 5.32 Å². The predicted octanol–water partition coefficient (Wildman–Crippen LogP) is 2.17. The van der Waals surface area contributed by atoms with E-state index in [4.69, 9.17) is 0 Å². The second-order valence-corrected chi connectivity index (χ2v) is 4.86. The number of nitrogens with one attached hydrogen (secondary N) is 2. The molecule has 108 valence electrons. The average Bonchev–Trinajstić information content (AvgIpc) is 2.60. The number of anilines is 1. The number of amides is 2. The van der Waals surface area contributed by atoms with Crippen molar-refractivity contribution < 1.29 is 27.5 Å². The molecule has 0 aliphatic carbocycles. The van der Waals surface area contributed by atoms with E-state index >= 15 is 0 Å². The van der Waals surface area contributed by atoms with Crippen LogP contribution in [0.15, 0.2) is 22.7 Å². The Hall–Kier alpha value is -1.77. The fourth-order valence-electron chi connectivity index (χ4n) is 1.67. The Labute approximate surface area is 119 Å². The molecular formula is C11H8BrF3N2O3. The molecule has 1 aromatic carbocycles. The lowest BCUT2D eigenvalue weighted by Crippen LogP contribution is -2.30. The number of ether oxygens (including phenoxy) is 1. The Bertz CT molecular complexity index is 562. The molecule has 2 rings (SSSR count). The van der Waals surface area contributed by atoms with Crippen molar-refractivity contribution in [2.45, 2.75) is 18.8 Å². The number of carbonyl (C=O) groups excluding carboxylic acids is 2. The van der Waals surface area contributed by atoms with Crippen LogP contribution < -0.4 is 15.4 Å². The van der Waals surface area contributed by atoms with Crippen LogP contribution >= 0.6 is 15.9 Å². The highest BCUT2D eigenvalue weighted by molar-refractivity contribution is 9.10. The standard InChI is InChI=1S/C11H8BrF3N2O3/c12-6-3-5(1-2-8(6)20-11(13,14)15)16-7-4-9(18)17-10(7)19/h1-3,7,16H,4H2,(H,17,18,19). The fourth-order valence-corrected chi connectivity index (χ4v) is 2.13. The molecule has 1 heterocycles. The zero-order valence-electron chi connectivity index (χ0n) is 9.75. The molecular weight excluding hydrogens is 345 g/mol. The van der Waals surface area contributed by atoms with Gasteiger partial charge in [0.2, 0.25) is 11.8 Å². The third-order valence-electron chi connectivity index (χ3n) is 2.47. The van der Waals surface area contributed by atoms with Crippen molar-refractivity contribution in [3.63, 3.8) is 0 Å². The number of carbonyl (C=O) groups is 2. The van der Waals surface area contributed by atoms with Gasteiger partial charge in [-0.25, -0.2) is 0 Å². The van der Waals surface area contributed by atoms with E-state index in [1.54, 1.807) is 0 Å². The molecule has 2 N–H and O–H groups in total. The van der Waals surface area contributed by atoms with Gasteiger partial charge in [0.05, 0.1) is 10.9 Å². The molecule has 20 heavy (non-hydrogen) atoms. The molecule has 1 atom stereocenters. The topological polar surface area (TPSA) is 67.4 Å². The largest absolute Gasteiger partial charge is 0.573 e. The maximum absolute atomic E-state index is 12.1. The van der Waals surface area contributed by atoms with Crippen LogP contribution in [-0.4, -0.2) is 24.2 Å². The van der Waals surface area contributed by atoms with Crippen molar-refractivity contribution >= 4 is 33.4 Å². The van der Waals surface area contributed by atoms with Crippen LogP contribution in [0, 0.1) is 0 Å². The molecule has 1 fully saturated rings. The molecule has 1 aliphatic rings. The summed E-state index contributed by atoms with van der Waals surface area (Å²) in [4.78, 5) is 22.4. The average molecular weight is 353 g/mol. The van der Waals surface area contributed by atoms with E-state index in [0.29, 0.717) is 5.69 Å². The van der Waals surface area contributed by atoms with Gasteiger partial charge in [-0.3, -0.25) is 14.9 Å². The van der Waals surface area contributed by atoms with Gasteiger partial charge in [-0.2, -0.15) is 0 Å². The summed E-state index contributed by atoms with van der Waals surface area (Å²) in [6.45, 7) is 0. The molecule has 1 aromatic rings. The number of hydrogen-bond acceptors (Lipinski definition) is 4. The number of benzene rings is 1. The van der Waals surface area contributed by atoms with E-state index in [1.807, 2.05) is 0 Å². The molecule has 0 radical (unpaired) electrons. The summed E-state index contributed by atoms with van der Waals surface area (Å²) in [5.41, 5.74) is 0.390. The minimum atomic E-state index is -4.78. The molecule has 1 aliphatic heterocycles. The van der Waals surface area contributed by atoms with E-state index in [9.17, 15) is 22.8 Å². The smallest absolute Gasteiger partial charge is 0.405 e. The van der Waals surface area contributed by atoms with Crippen molar-refractivity contribution in [2.24, 2.45) is 0 Å². The summed E-state index contributed by atoms with van der Waals surface area (Å²) < 4.78 is 40.1. The van der Waals surface area contributed by atoms with Crippen LogP contribution in [0.2, 0.25) is 0 Å². The number of halogens is 4. The number of imide groups is 1. The SMILES string of the molecule is O=C1CC(Nc2ccc(OC(F)(F)F)c(Br)c2)C(=O)N1. The first-order valence-corrected chi connectivity index (χ1v) is 6.19. The van der Waals surface area contributed by atoms with Crippen LogP contribution in [0.3, 0.4) is 0 Å². The van der Waals surface area contributed by atoms with Gasteiger partial charge < -0.3 is 10.1 Å². The van der Waals surface area contributed by atoms with Crippen LogP contribution in [0.4, 0.5) is 18.9 Å². The number of hydrogen-bond donors (Lipinski definition) is 2. The summed E-state index contributed by atoms with van der Waals surface area (Å²) in [6.07, 6.45) is -4.80. The minimum absolute atomic E-state index is 0.0166. The monoisotopic (exact) mass is 352 g/mol. The maximum Gasteiger partial charge on any atom is 0.573 e. The van der Waals surface area contributed by atoms with Gasteiger partial charge in [-0.15, -0.1) is 13.2 Å². The lowest BCUT2D eigenvalue weighted by Gasteiger charge is -2.14. The first-order valence-electron chi connectivity index (χ1n) is 5.40. The molecule has 1 unspecified atom stereocenters. The normalized spacial score (nSPS) is 18.9. The van der Waals surface area contributed by atoms with Gasteiger partial charge in [0.15, 0.2) is 0 Å². The number of alkyl halides is 3. The molecule has 0 aromatic heterocycles. The Morgan fingerprint density at radius 2 is 2.05 bits per heavy atom. The second-order valence-electron chi connectivity index (χ2n) is 4.01. The Morgan fingerprint density at radius 3 is 2.55 bits per heavy atom. The molecule has 5 nitrogen and oxygen atoms in total. The highest BCUT2D eigenvalue weighted by Gasteiger charge is 2.32. The molecule has 0 saturated carbocycles. The summed E-state index contributed by atoms with van der Waals surface area (Å²) in [6, 6.07) is 3.02. The molecule has 2 amide bonds. The Kier molecular flexibility index (Phi) is 3.89. The van der Waals surface area contributed by atoms with E-state index in [2.05, 4.69) is 31.3 Å². The summed E-state index contributed by atoms with van der Waals surface area (Å²) in [5.74, 6) is -1.26. The first kappa shape index (κ1) is 14.6. The summed E-state index contributed by atoms with van der Waals surface area (Å²) in [5, 5.41) is 4.87. The molecule has 1 saturated heterocycles. The third kappa shape index (κ3) is 3.62. The van der Waals surface area contributed by atoms with Gasteiger partial charge in [0.25, 0.3) is 0 Å². The Morgan fingerprint density at radius 1 is 1.35 bits per heavy atom. The fraction of sp³-hybridized carbons (Fsp3) is 0.273. The van der Waals surface area contributed by atoms with Gasteiger partial charge in [-0.1, -0.05) is 0 Å². The van der Waals surface area contributed by atoms with Crippen LogP contribution in [-0.2, 0) is 9.59 Å². The highest BCUT2D eigenvalue weighted by Crippen LogP contribution is 2.32.